The Hall–Kier alpha value is -2.26. The lowest BCUT2D eigenvalue weighted by atomic mass is 10.1. The summed E-state index contributed by atoms with van der Waals surface area (Å²) in [4.78, 5) is 11.4. The molecule has 0 spiro atoms. The molecule has 2 rings (SSSR count). The van der Waals surface area contributed by atoms with Crippen LogP contribution in [-0.4, -0.2) is 5.91 Å². The van der Waals surface area contributed by atoms with Crippen molar-refractivity contribution in [2.75, 3.05) is 11.5 Å². The molecule has 1 aromatic heterocycles. The number of nitrogens with two attached hydrogens (primary N) is 3. The van der Waals surface area contributed by atoms with Gasteiger partial charge in [0.25, 0.3) is 5.91 Å². The fraction of sp³-hybridized carbons (Fsp3) is 0. The largest absolute Gasteiger partial charge is 0.398 e. The number of rotatable bonds is 1. The SMILES string of the molecule is N#Cc1cc2c(N)c(C(N)=O)sc2cc1N. The summed E-state index contributed by atoms with van der Waals surface area (Å²) >= 11 is 1.18. The predicted octanol–water partition coefficient (Wildman–Crippen LogP) is 1.04. The standard InChI is InChI=1S/C10H8N4OS/c11-3-4-1-5-7(2-6(4)12)16-9(8(5)13)10(14)15/h1-2H,12-13H2,(H2,14,15). The number of nitrogen functional groups attached to an aromatic ring is 2. The molecule has 0 aliphatic carbocycles. The number of carbonyl (C=O) groups is 1. The molecule has 1 heterocycles. The number of carbonyl (C=O) groups excluding carboxylic acids is 1. The van der Waals surface area contributed by atoms with Gasteiger partial charge < -0.3 is 17.2 Å². The summed E-state index contributed by atoms with van der Waals surface area (Å²) in [6, 6.07) is 5.16. The van der Waals surface area contributed by atoms with Gasteiger partial charge in [-0.1, -0.05) is 0 Å². The zero-order valence-corrected chi connectivity index (χ0v) is 8.97. The Labute approximate surface area is 95.1 Å². The first kappa shape index (κ1) is 10.3. The topological polar surface area (TPSA) is 119 Å². The van der Waals surface area contributed by atoms with Gasteiger partial charge in [-0.15, -0.1) is 11.3 Å². The van der Waals surface area contributed by atoms with E-state index in [1.165, 1.54) is 11.3 Å². The van der Waals surface area contributed by atoms with Crippen LogP contribution >= 0.6 is 11.3 Å². The van der Waals surface area contributed by atoms with Gasteiger partial charge in [-0.25, -0.2) is 0 Å². The van der Waals surface area contributed by atoms with Crippen molar-refractivity contribution < 1.29 is 4.79 Å². The molecule has 80 valence electrons. The zero-order chi connectivity index (χ0) is 11.9. The first-order chi connectivity index (χ1) is 7.54. The lowest BCUT2D eigenvalue weighted by Gasteiger charge is -1.97. The highest BCUT2D eigenvalue weighted by Gasteiger charge is 2.15. The number of thiophene rings is 1. The second-order valence-corrected chi connectivity index (χ2v) is 4.31. The zero-order valence-electron chi connectivity index (χ0n) is 8.15. The highest BCUT2D eigenvalue weighted by molar-refractivity contribution is 7.21. The van der Waals surface area contributed by atoms with E-state index < -0.39 is 5.91 Å². The maximum atomic E-state index is 11.1. The minimum atomic E-state index is -0.573. The molecule has 0 aliphatic rings. The number of nitriles is 1. The highest BCUT2D eigenvalue weighted by Crippen LogP contribution is 2.35. The van der Waals surface area contributed by atoms with E-state index >= 15 is 0 Å². The minimum Gasteiger partial charge on any atom is -0.398 e. The van der Waals surface area contributed by atoms with Gasteiger partial charge in [0.05, 0.1) is 16.9 Å². The van der Waals surface area contributed by atoms with Crippen molar-refractivity contribution in [2.24, 2.45) is 5.73 Å². The summed E-state index contributed by atoms with van der Waals surface area (Å²) in [6.07, 6.45) is 0. The van der Waals surface area contributed by atoms with Gasteiger partial charge in [-0.05, 0) is 12.1 Å². The van der Waals surface area contributed by atoms with Crippen molar-refractivity contribution in [1.82, 2.24) is 0 Å². The van der Waals surface area contributed by atoms with Crippen LogP contribution in [-0.2, 0) is 0 Å². The molecule has 0 radical (unpaired) electrons. The number of fused-ring (bicyclic) bond motifs is 1. The third-order valence-corrected chi connectivity index (χ3v) is 3.43. The Morgan fingerprint density at radius 3 is 2.62 bits per heavy atom. The molecule has 0 saturated carbocycles. The molecule has 5 nitrogen and oxygen atoms in total. The van der Waals surface area contributed by atoms with Crippen molar-refractivity contribution in [2.45, 2.75) is 0 Å². The van der Waals surface area contributed by atoms with Crippen LogP contribution in [0.1, 0.15) is 15.2 Å². The van der Waals surface area contributed by atoms with Gasteiger partial charge in [0.2, 0.25) is 0 Å². The molecule has 6 N–H and O–H groups in total. The Bertz CT molecular complexity index is 638. The van der Waals surface area contributed by atoms with Crippen LogP contribution in [0.5, 0.6) is 0 Å². The minimum absolute atomic E-state index is 0.296. The summed E-state index contributed by atoms with van der Waals surface area (Å²) in [5.74, 6) is -0.573. The molecular formula is C10H8N4OS. The second kappa shape index (κ2) is 3.40. The number of nitrogens with zero attached hydrogens (tertiary/aromatic N) is 1. The highest BCUT2D eigenvalue weighted by atomic mass is 32.1. The lowest BCUT2D eigenvalue weighted by molar-refractivity contribution is 0.100. The fourth-order valence-corrected chi connectivity index (χ4v) is 2.46. The number of amides is 1. The maximum Gasteiger partial charge on any atom is 0.260 e. The maximum absolute atomic E-state index is 11.1. The molecule has 0 fully saturated rings. The average Bonchev–Trinajstić information content (AvgIpc) is 2.54. The van der Waals surface area contributed by atoms with Crippen LogP contribution in [0, 0.1) is 11.3 Å². The smallest absolute Gasteiger partial charge is 0.260 e. The fourth-order valence-electron chi connectivity index (χ4n) is 1.46. The lowest BCUT2D eigenvalue weighted by Crippen LogP contribution is -2.10. The summed E-state index contributed by atoms with van der Waals surface area (Å²) in [6.45, 7) is 0. The van der Waals surface area contributed by atoms with E-state index in [1.54, 1.807) is 12.1 Å². The summed E-state index contributed by atoms with van der Waals surface area (Å²) < 4.78 is 0.753. The van der Waals surface area contributed by atoms with Crippen LogP contribution in [0.4, 0.5) is 11.4 Å². The molecule has 0 aliphatic heterocycles. The molecule has 1 amide bonds. The molecular weight excluding hydrogens is 224 g/mol. The van der Waals surface area contributed by atoms with Gasteiger partial charge in [-0.2, -0.15) is 5.26 Å². The number of hydrogen-bond donors (Lipinski definition) is 3. The number of anilines is 2. The quantitative estimate of drug-likeness (QED) is 0.636. The third kappa shape index (κ3) is 1.34. The van der Waals surface area contributed by atoms with Crippen molar-refractivity contribution in [3.05, 3.63) is 22.6 Å². The predicted molar refractivity (Wildman–Crippen MR) is 63.9 cm³/mol. The number of hydrogen-bond acceptors (Lipinski definition) is 5. The Morgan fingerprint density at radius 1 is 1.38 bits per heavy atom. The summed E-state index contributed by atoms with van der Waals surface area (Å²) in [5.41, 5.74) is 17.6. The second-order valence-electron chi connectivity index (χ2n) is 3.26. The van der Waals surface area contributed by atoms with Gasteiger partial charge >= 0.3 is 0 Å². The van der Waals surface area contributed by atoms with E-state index in [1.807, 2.05) is 6.07 Å². The normalized spacial score (nSPS) is 10.2. The Kier molecular flexibility index (Phi) is 2.18. The van der Waals surface area contributed by atoms with Gasteiger partial charge in [0, 0.05) is 10.1 Å². The first-order valence-electron chi connectivity index (χ1n) is 4.36. The van der Waals surface area contributed by atoms with Gasteiger partial charge in [0.1, 0.15) is 10.9 Å². The van der Waals surface area contributed by atoms with E-state index in [9.17, 15) is 4.79 Å². The Balaban J connectivity index is 2.84. The molecule has 0 saturated heterocycles. The summed E-state index contributed by atoms with van der Waals surface area (Å²) in [7, 11) is 0. The van der Waals surface area contributed by atoms with E-state index in [-0.39, 0.29) is 0 Å². The van der Waals surface area contributed by atoms with Crippen LogP contribution in [0.25, 0.3) is 10.1 Å². The van der Waals surface area contributed by atoms with E-state index in [0.717, 1.165) is 4.70 Å². The first-order valence-corrected chi connectivity index (χ1v) is 5.17. The van der Waals surface area contributed by atoms with Crippen LogP contribution in [0.2, 0.25) is 0 Å². The summed E-state index contributed by atoms with van der Waals surface area (Å²) in [5, 5.41) is 9.47. The van der Waals surface area contributed by atoms with Crippen LogP contribution in [0.15, 0.2) is 12.1 Å². The molecule has 16 heavy (non-hydrogen) atoms. The van der Waals surface area contributed by atoms with Crippen molar-refractivity contribution >= 4 is 38.7 Å². The van der Waals surface area contributed by atoms with Crippen molar-refractivity contribution in [3.63, 3.8) is 0 Å². The van der Waals surface area contributed by atoms with Crippen molar-refractivity contribution in [1.29, 1.82) is 5.26 Å². The van der Waals surface area contributed by atoms with E-state index in [4.69, 9.17) is 22.5 Å². The molecule has 1 aromatic carbocycles. The molecule has 2 aromatic rings. The monoisotopic (exact) mass is 232 g/mol. The molecule has 0 unspecified atom stereocenters. The third-order valence-electron chi connectivity index (χ3n) is 2.24. The van der Waals surface area contributed by atoms with E-state index in [0.29, 0.717) is 27.2 Å². The molecule has 6 heteroatoms. The van der Waals surface area contributed by atoms with E-state index in [2.05, 4.69) is 0 Å². The number of benzene rings is 1. The van der Waals surface area contributed by atoms with Crippen molar-refractivity contribution in [3.8, 4) is 6.07 Å². The van der Waals surface area contributed by atoms with Gasteiger partial charge in [-0.3, -0.25) is 4.79 Å². The molecule has 0 atom stereocenters. The van der Waals surface area contributed by atoms with Crippen LogP contribution < -0.4 is 17.2 Å². The molecule has 0 bridgehead atoms. The van der Waals surface area contributed by atoms with Crippen LogP contribution in [0.3, 0.4) is 0 Å². The van der Waals surface area contributed by atoms with Gasteiger partial charge in [0.15, 0.2) is 0 Å². The number of primary amides is 1. The average molecular weight is 232 g/mol. The Morgan fingerprint density at radius 2 is 2.06 bits per heavy atom.